The summed E-state index contributed by atoms with van der Waals surface area (Å²) in [5.74, 6) is -0.185. The number of aliphatic hydroxyl groups is 1. The van der Waals surface area contributed by atoms with Gasteiger partial charge in [0, 0.05) is 6.42 Å². The van der Waals surface area contributed by atoms with E-state index >= 15 is 0 Å². The molecule has 0 heterocycles. The first-order valence-electron chi connectivity index (χ1n) is 30.5. The minimum atomic E-state index is -4.35. The van der Waals surface area contributed by atoms with Gasteiger partial charge in [-0.3, -0.25) is 13.8 Å². The van der Waals surface area contributed by atoms with Gasteiger partial charge in [-0.25, -0.2) is 4.57 Å². The van der Waals surface area contributed by atoms with Gasteiger partial charge in [0.2, 0.25) is 5.91 Å². The summed E-state index contributed by atoms with van der Waals surface area (Å²) in [6.45, 7) is 4.73. The van der Waals surface area contributed by atoms with Crippen molar-refractivity contribution in [1.82, 2.24) is 5.32 Å². The molecule has 0 aromatic rings. The van der Waals surface area contributed by atoms with Crippen molar-refractivity contribution in [1.29, 1.82) is 0 Å². The van der Waals surface area contributed by atoms with Crippen molar-refractivity contribution < 1.29 is 32.9 Å². The average molecular weight is 1020 g/mol. The lowest BCUT2D eigenvalue weighted by atomic mass is 10.0. The molecule has 0 aliphatic heterocycles. The minimum absolute atomic E-state index is 0.0585. The van der Waals surface area contributed by atoms with Gasteiger partial charge in [-0.05, 0) is 51.4 Å². The second-order valence-electron chi connectivity index (χ2n) is 22.1. The molecule has 0 spiro atoms. The van der Waals surface area contributed by atoms with Gasteiger partial charge in [-0.1, -0.05) is 281 Å². The molecule has 0 aromatic carbocycles. The predicted molar refractivity (Wildman–Crippen MR) is 309 cm³/mol. The molecular weight excluding hydrogens is 900 g/mol. The molecule has 3 atom stereocenters. The van der Waals surface area contributed by atoms with E-state index in [-0.39, 0.29) is 19.1 Å². The Bertz CT molecular complexity index is 1290. The predicted octanol–water partition coefficient (Wildman–Crippen LogP) is 18.7. The molecule has 9 heteroatoms. The molecule has 0 aromatic heterocycles. The highest BCUT2D eigenvalue weighted by molar-refractivity contribution is 7.47. The summed E-state index contributed by atoms with van der Waals surface area (Å²) in [6, 6.07) is -0.854. The number of hydrogen-bond donors (Lipinski definition) is 3. The maximum absolute atomic E-state index is 13.0. The summed E-state index contributed by atoms with van der Waals surface area (Å²) in [5, 5.41) is 13.9. The van der Waals surface area contributed by atoms with Gasteiger partial charge in [0.25, 0.3) is 0 Å². The van der Waals surface area contributed by atoms with E-state index in [2.05, 4.69) is 55.6 Å². The van der Waals surface area contributed by atoms with E-state index < -0.39 is 20.0 Å². The zero-order chi connectivity index (χ0) is 52.0. The number of nitrogens with one attached hydrogen (secondary N) is 1. The van der Waals surface area contributed by atoms with Crippen LogP contribution in [0.25, 0.3) is 0 Å². The number of hydrogen-bond acceptors (Lipinski definition) is 5. The maximum Gasteiger partial charge on any atom is 0.472 e. The molecule has 0 aliphatic rings. The number of quaternary nitrogens is 1. The number of likely N-dealkylation sites (N-methyl/N-ethyl adjacent to an activating group) is 1. The molecular formula is C62H120N2O6P+. The van der Waals surface area contributed by atoms with Gasteiger partial charge < -0.3 is 19.8 Å². The first-order chi connectivity index (χ1) is 34.5. The fourth-order valence-corrected chi connectivity index (χ4v) is 9.80. The Balaban J connectivity index is 4.08. The van der Waals surface area contributed by atoms with Crippen LogP contribution in [0.1, 0.15) is 290 Å². The molecule has 0 radical (unpaired) electrons. The number of amides is 1. The molecule has 0 fully saturated rings. The number of carbonyl (C=O) groups is 1. The Morgan fingerprint density at radius 3 is 1.24 bits per heavy atom. The van der Waals surface area contributed by atoms with Crippen LogP contribution in [0.15, 0.2) is 48.6 Å². The molecule has 418 valence electrons. The van der Waals surface area contributed by atoms with Crippen LogP contribution in [-0.4, -0.2) is 73.4 Å². The summed E-state index contributed by atoms with van der Waals surface area (Å²) >= 11 is 0. The number of rotatable bonds is 56. The second-order valence-corrected chi connectivity index (χ2v) is 23.5. The Labute approximate surface area is 441 Å². The van der Waals surface area contributed by atoms with Crippen molar-refractivity contribution in [3.05, 3.63) is 48.6 Å². The molecule has 3 unspecified atom stereocenters. The van der Waals surface area contributed by atoms with E-state index in [9.17, 15) is 19.4 Å². The summed E-state index contributed by atoms with van der Waals surface area (Å²) in [7, 11) is 1.57. The first-order valence-corrected chi connectivity index (χ1v) is 32.0. The number of allylic oxidation sites excluding steroid dienone is 7. The average Bonchev–Trinajstić information content (AvgIpc) is 3.33. The number of phosphoric ester groups is 1. The minimum Gasteiger partial charge on any atom is -0.387 e. The monoisotopic (exact) mass is 1020 g/mol. The SMILES string of the molecule is CC/C=C\C/C=C\C/C=C\CCCCCCCCCC(=O)NC(COP(=O)(O)OCC[N+](C)(C)C)C(O)/C=C/CCCCCCCCCCCCCCCCCCCCCCCCCCCCCCCC. The van der Waals surface area contributed by atoms with Crippen molar-refractivity contribution >= 4 is 13.7 Å². The lowest BCUT2D eigenvalue weighted by Gasteiger charge is -2.25. The molecule has 1 amide bonds. The molecule has 71 heavy (non-hydrogen) atoms. The van der Waals surface area contributed by atoms with Crippen LogP contribution in [0.4, 0.5) is 0 Å². The van der Waals surface area contributed by atoms with Crippen LogP contribution in [-0.2, 0) is 18.4 Å². The van der Waals surface area contributed by atoms with Crippen LogP contribution in [0, 0.1) is 0 Å². The summed E-state index contributed by atoms with van der Waals surface area (Å²) in [6.07, 6.45) is 70.9. The smallest absolute Gasteiger partial charge is 0.387 e. The summed E-state index contributed by atoms with van der Waals surface area (Å²) in [4.78, 5) is 23.3. The highest BCUT2D eigenvalue weighted by Gasteiger charge is 2.27. The molecule has 0 aliphatic carbocycles. The van der Waals surface area contributed by atoms with Crippen molar-refractivity contribution in [2.75, 3.05) is 40.9 Å². The van der Waals surface area contributed by atoms with E-state index in [1.165, 1.54) is 205 Å². The van der Waals surface area contributed by atoms with Crippen molar-refractivity contribution in [3.63, 3.8) is 0 Å². The third-order valence-corrected chi connectivity index (χ3v) is 14.8. The highest BCUT2D eigenvalue weighted by Crippen LogP contribution is 2.43. The van der Waals surface area contributed by atoms with Gasteiger partial charge in [0.05, 0.1) is 39.9 Å². The van der Waals surface area contributed by atoms with Gasteiger partial charge in [0.1, 0.15) is 13.2 Å². The zero-order valence-electron chi connectivity index (χ0n) is 47.7. The quantitative estimate of drug-likeness (QED) is 0.0243. The summed E-state index contributed by atoms with van der Waals surface area (Å²) < 4.78 is 23.7. The van der Waals surface area contributed by atoms with Crippen molar-refractivity contribution in [2.45, 2.75) is 302 Å². The largest absolute Gasteiger partial charge is 0.472 e. The van der Waals surface area contributed by atoms with Crippen LogP contribution >= 0.6 is 7.82 Å². The lowest BCUT2D eigenvalue weighted by Crippen LogP contribution is -2.45. The van der Waals surface area contributed by atoms with Gasteiger partial charge >= 0.3 is 7.82 Å². The summed E-state index contributed by atoms with van der Waals surface area (Å²) in [5.41, 5.74) is 0. The molecule has 0 rings (SSSR count). The Morgan fingerprint density at radius 1 is 0.493 bits per heavy atom. The lowest BCUT2D eigenvalue weighted by molar-refractivity contribution is -0.870. The zero-order valence-corrected chi connectivity index (χ0v) is 48.6. The molecule has 8 nitrogen and oxygen atoms in total. The van der Waals surface area contributed by atoms with E-state index in [1.54, 1.807) is 6.08 Å². The van der Waals surface area contributed by atoms with Crippen molar-refractivity contribution in [2.24, 2.45) is 0 Å². The Morgan fingerprint density at radius 2 is 0.845 bits per heavy atom. The van der Waals surface area contributed by atoms with E-state index in [0.717, 1.165) is 64.2 Å². The van der Waals surface area contributed by atoms with Crippen LogP contribution in [0.5, 0.6) is 0 Å². The highest BCUT2D eigenvalue weighted by atomic mass is 31.2. The van der Waals surface area contributed by atoms with E-state index in [1.807, 2.05) is 27.2 Å². The number of aliphatic hydroxyl groups excluding tert-OH is 1. The van der Waals surface area contributed by atoms with E-state index in [0.29, 0.717) is 17.4 Å². The third kappa shape index (κ3) is 56.0. The fourth-order valence-electron chi connectivity index (χ4n) is 9.06. The molecule has 0 saturated carbocycles. The van der Waals surface area contributed by atoms with Crippen LogP contribution < -0.4 is 5.32 Å². The van der Waals surface area contributed by atoms with Crippen molar-refractivity contribution in [3.8, 4) is 0 Å². The molecule has 3 N–H and O–H groups in total. The second kappa shape index (κ2) is 53.3. The normalized spacial score (nSPS) is 14.2. The fraction of sp³-hybridized carbons (Fsp3) is 0.855. The van der Waals surface area contributed by atoms with Gasteiger partial charge in [0.15, 0.2) is 0 Å². The van der Waals surface area contributed by atoms with Gasteiger partial charge in [-0.15, -0.1) is 0 Å². The van der Waals surface area contributed by atoms with Crippen LogP contribution in [0.3, 0.4) is 0 Å². The number of phosphoric acid groups is 1. The molecule has 0 bridgehead atoms. The Kier molecular flexibility index (Phi) is 52.1. The number of unbranched alkanes of at least 4 members (excludes halogenated alkanes) is 37. The molecule has 0 saturated heterocycles. The van der Waals surface area contributed by atoms with Gasteiger partial charge in [-0.2, -0.15) is 0 Å². The van der Waals surface area contributed by atoms with E-state index in [4.69, 9.17) is 9.05 Å². The maximum atomic E-state index is 13.0. The standard InChI is InChI=1S/C62H119N2O6P/c1-6-8-10-12-14-16-18-20-22-24-25-26-27-28-29-30-31-32-33-34-35-36-37-38-40-41-43-45-47-49-51-53-55-61(65)60(59-70-71(67,68)69-58-57-64(3,4)5)63-62(66)56-54-52-50-48-46-44-42-39-23-21-19-17-15-13-11-9-7-2/h9,11,15,17,21,23,53,55,60-61,65H,6-8,10,12-14,16,18-20,22,24-52,54,56-59H2,1-5H3,(H-,63,66,67,68)/p+1/b11-9-,17-15-,23-21-,55-53+. The van der Waals surface area contributed by atoms with Crippen LogP contribution in [0.2, 0.25) is 0 Å². The topological polar surface area (TPSA) is 105 Å². The Hall–Kier alpha value is -1.54. The number of nitrogens with zero attached hydrogens (tertiary/aromatic N) is 1. The number of carbonyl (C=O) groups excluding carboxylic acids is 1. The first kappa shape index (κ1) is 69.5. The third-order valence-electron chi connectivity index (χ3n) is 13.8.